The number of hydrogen-bond donors (Lipinski definition) is 0. The lowest BCUT2D eigenvalue weighted by Gasteiger charge is -2.40. The van der Waals surface area contributed by atoms with Crippen LogP contribution in [0.3, 0.4) is 0 Å². The molecular formula is C29H38N4O5S2. The number of hydrazone groups is 1. The summed E-state index contributed by atoms with van der Waals surface area (Å²) in [5.74, 6) is 0. The minimum atomic E-state index is -3.76. The van der Waals surface area contributed by atoms with Gasteiger partial charge in [0.1, 0.15) is 6.61 Å². The molecule has 0 bridgehead atoms. The van der Waals surface area contributed by atoms with Gasteiger partial charge in [-0.15, -0.1) is 5.01 Å². The number of aryl methyl sites for hydroxylation is 1. The van der Waals surface area contributed by atoms with E-state index in [2.05, 4.69) is 23.8 Å². The highest BCUT2D eigenvalue weighted by molar-refractivity contribution is 8.14. The molecular weight excluding hydrogens is 548 g/mol. The monoisotopic (exact) mass is 586 g/mol. The predicted octanol–water partition coefficient (Wildman–Crippen LogP) is 5.61. The lowest BCUT2D eigenvalue weighted by atomic mass is 9.77. The van der Waals surface area contributed by atoms with E-state index < -0.39 is 21.4 Å². The van der Waals surface area contributed by atoms with Crippen molar-refractivity contribution < 1.29 is 22.7 Å². The van der Waals surface area contributed by atoms with Crippen LogP contribution in [0.4, 0.5) is 15.3 Å². The van der Waals surface area contributed by atoms with Gasteiger partial charge < -0.3 is 9.64 Å². The summed E-state index contributed by atoms with van der Waals surface area (Å²) in [6.45, 7) is 14.8. The number of anilines is 1. The highest BCUT2D eigenvalue weighted by atomic mass is 32.2. The summed E-state index contributed by atoms with van der Waals surface area (Å²) in [6, 6.07) is 12.4. The van der Waals surface area contributed by atoms with Gasteiger partial charge in [-0.3, -0.25) is 9.10 Å². The third kappa shape index (κ3) is 6.06. The van der Waals surface area contributed by atoms with E-state index >= 15 is 0 Å². The SMILES string of the molecule is CCN(CC)CCOC(=O)N1N=C(c2ccc3c(c2)C(C)(C)CCN3S(=O)(=O)c2ccc(C)cc2)C(C)SC1=O. The number of carbonyl (C=O) groups is 2. The zero-order valence-corrected chi connectivity index (χ0v) is 25.6. The predicted molar refractivity (Wildman–Crippen MR) is 160 cm³/mol. The number of sulfonamides is 1. The number of carbonyl (C=O) groups excluding carboxylic acids is 2. The Morgan fingerprint density at radius 1 is 1.15 bits per heavy atom. The fourth-order valence-corrected chi connectivity index (χ4v) is 7.23. The van der Waals surface area contributed by atoms with E-state index in [0.717, 1.165) is 46.6 Å². The van der Waals surface area contributed by atoms with Crippen molar-refractivity contribution in [2.45, 2.75) is 63.5 Å². The third-order valence-corrected chi connectivity index (χ3v) is 10.4. The van der Waals surface area contributed by atoms with Crippen molar-refractivity contribution in [2.24, 2.45) is 5.10 Å². The maximum atomic E-state index is 13.6. The molecule has 2 aromatic carbocycles. The lowest BCUT2D eigenvalue weighted by molar-refractivity contribution is 0.103. The largest absolute Gasteiger partial charge is 0.446 e. The Bertz CT molecular complexity index is 1400. The second kappa shape index (κ2) is 11.9. The van der Waals surface area contributed by atoms with Gasteiger partial charge in [0.25, 0.3) is 10.0 Å². The van der Waals surface area contributed by atoms with E-state index in [1.165, 1.54) is 4.31 Å². The summed E-state index contributed by atoms with van der Waals surface area (Å²) in [4.78, 5) is 27.8. The van der Waals surface area contributed by atoms with Crippen LogP contribution < -0.4 is 4.31 Å². The molecule has 0 fully saturated rings. The van der Waals surface area contributed by atoms with Crippen LogP contribution in [-0.4, -0.2) is 73.4 Å². The molecule has 0 saturated carbocycles. The van der Waals surface area contributed by atoms with E-state index in [9.17, 15) is 18.0 Å². The summed E-state index contributed by atoms with van der Waals surface area (Å²) in [5.41, 5.74) is 3.48. The van der Waals surface area contributed by atoms with Crippen molar-refractivity contribution in [1.29, 1.82) is 0 Å². The molecule has 2 amide bonds. The highest BCUT2D eigenvalue weighted by Gasteiger charge is 2.39. The van der Waals surface area contributed by atoms with Crippen LogP contribution in [-0.2, 0) is 20.2 Å². The quantitative estimate of drug-likeness (QED) is 0.396. The van der Waals surface area contributed by atoms with Crippen LogP contribution >= 0.6 is 11.8 Å². The topological polar surface area (TPSA) is 99.6 Å². The Hall–Kier alpha value is -2.89. The van der Waals surface area contributed by atoms with Crippen molar-refractivity contribution in [3.63, 3.8) is 0 Å². The molecule has 1 unspecified atom stereocenters. The zero-order chi connectivity index (χ0) is 29.2. The van der Waals surface area contributed by atoms with Gasteiger partial charge in [-0.2, -0.15) is 5.10 Å². The highest BCUT2D eigenvalue weighted by Crippen LogP contribution is 2.43. The number of nitrogens with zero attached hydrogens (tertiary/aromatic N) is 4. The number of likely N-dealkylation sites (N-methyl/N-ethyl adjacent to an activating group) is 1. The summed E-state index contributed by atoms with van der Waals surface area (Å²) < 4.78 is 34.1. The van der Waals surface area contributed by atoms with Crippen LogP contribution in [0.2, 0.25) is 0 Å². The summed E-state index contributed by atoms with van der Waals surface area (Å²) in [5, 5.41) is 4.43. The van der Waals surface area contributed by atoms with Crippen molar-refractivity contribution in [3.8, 4) is 0 Å². The molecule has 0 spiro atoms. The summed E-state index contributed by atoms with van der Waals surface area (Å²) in [6.07, 6.45) is -0.169. The molecule has 0 N–H and O–H groups in total. The molecule has 0 radical (unpaired) electrons. The Morgan fingerprint density at radius 2 is 1.82 bits per heavy atom. The molecule has 2 aliphatic heterocycles. The Balaban J connectivity index is 1.65. The molecule has 1 atom stereocenters. The first kappa shape index (κ1) is 30.1. The third-order valence-electron chi connectivity index (χ3n) is 7.58. The van der Waals surface area contributed by atoms with Crippen LogP contribution in [0.15, 0.2) is 52.5 Å². The van der Waals surface area contributed by atoms with E-state index in [1.807, 2.05) is 39.8 Å². The minimum absolute atomic E-state index is 0.160. The van der Waals surface area contributed by atoms with Crippen LogP contribution in [0.5, 0.6) is 0 Å². The van der Waals surface area contributed by atoms with Gasteiger partial charge in [0.15, 0.2) is 0 Å². The van der Waals surface area contributed by atoms with Gasteiger partial charge in [0, 0.05) is 13.1 Å². The molecule has 0 saturated heterocycles. The molecule has 0 aromatic heterocycles. The van der Waals surface area contributed by atoms with Crippen molar-refractivity contribution in [1.82, 2.24) is 9.91 Å². The zero-order valence-electron chi connectivity index (χ0n) is 24.0. The first-order chi connectivity index (χ1) is 18.9. The van der Waals surface area contributed by atoms with Crippen LogP contribution in [0.1, 0.15) is 57.7 Å². The number of hydrogen-bond acceptors (Lipinski definition) is 8. The number of imide groups is 1. The van der Waals surface area contributed by atoms with E-state index in [-0.39, 0.29) is 22.2 Å². The van der Waals surface area contributed by atoms with Gasteiger partial charge in [-0.25, -0.2) is 13.2 Å². The molecule has 2 aromatic rings. The minimum Gasteiger partial charge on any atom is -0.446 e. The Labute approximate surface area is 241 Å². The second-order valence-electron chi connectivity index (χ2n) is 10.7. The Kier molecular flexibility index (Phi) is 8.96. The number of thioether (sulfide) groups is 1. The fourth-order valence-electron chi connectivity index (χ4n) is 4.94. The molecule has 216 valence electrons. The molecule has 2 heterocycles. The van der Waals surface area contributed by atoms with Crippen molar-refractivity contribution in [3.05, 3.63) is 59.2 Å². The van der Waals surface area contributed by atoms with E-state index in [4.69, 9.17) is 4.74 Å². The number of rotatable bonds is 8. The maximum Gasteiger partial charge on any atom is 0.438 e. The smallest absolute Gasteiger partial charge is 0.438 e. The van der Waals surface area contributed by atoms with E-state index in [1.54, 1.807) is 30.3 Å². The summed E-state index contributed by atoms with van der Waals surface area (Å²) >= 11 is 1.01. The normalized spacial score (nSPS) is 18.9. The van der Waals surface area contributed by atoms with Crippen molar-refractivity contribution in [2.75, 3.05) is 37.1 Å². The first-order valence-electron chi connectivity index (χ1n) is 13.6. The number of amides is 2. The van der Waals surface area contributed by atoms with Gasteiger partial charge in [-0.05, 0) is 74.2 Å². The molecule has 4 rings (SSSR count). The first-order valence-corrected chi connectivity index (χ1v) is 15.9. The van der Waals surface area contributed by atoms with Crippen LogP contribution in [0, 0.1) is 6.92 Å². The Morgan fingerprint density at radius 3 is 2.48 bits per heavy atom. The number of ether oxygens (including phenoxy) is 1. The lowest BCUT2D eigenvalue weighted by Crippen LogP contribution is -2.41. The van der Waals surface area contributed by atoms with Crippen LogP contribution in [0.25, 0.3) is 0 Å². The average molecular weight is 587 g/mol. The summed E-state index contributed by atoms with van der Waals surface area (Å²) in [7, 11) is -3.76. The van der Waals surface area contributed by atoms with Crippen molar-refractivity contribution >= 4 is 44.5 Å². The van der Waals surface area contributed by atoms with E-state index in [0.29, 0.717) is 30.9 Å². The molecule has 40 heavy (non-hydrogen) atoms. The molecule has 2 aliphatic rings. The standard InChI is InChI=1S/C29H38N4O5S2/c1-7-31(8-2)17-18-38-27(34)33-28(35)39-21(4)26(30-33)22-11-14-25-24(19-22)29(5,6)15-16-32(25)40(36,37)23-12-9-20(3)10-13-23/h9-14,19,21H,7-8,15-18H2,1-6H3. The maximum absolute atomic E-state index is 13.6. The molecule has 11 heteroatoms. The average Bonchev–Trinajstić information content (AvgIpc) is 2.91. The van der Waals surface area contributed by atoms with Gasteiger partial charge in [-0.1, -0.05) is 63.2 Å². The van der Waals surface area contributed by atoms with Gasteiger partial charge in [0.2, 0.25) is 0 Å². The molecule has 9 nitrogen and oxygen atoms in total. The number of fused-ring (bicyclic) bond motifs is 1. The number of benzene rings is 2. The van der Waals surface area contributed by atoms with Gasteiger partial charge in [0.05, 0.1) is 21.5 Å². The fraction of sp³-hybridized carbons (Fsp3) is 0.483. The molecule has 0 aliphatic carbocycles. The second-order valence-corrected chi connectivity index (χ2v) is 13.9. The van der Waals surface area contributed by atoms with Gasteiger partial charge >= 0.3 is 11.3 Å².